The molecule has 2 aromatic carbocycles. The molecule has 0 fully saturated rings. The van der Waals surface area contributed by atoms with Gasteiger partial charge in [0.1, 0.15) is 16.7 Å². The van der Waals surface area contributed by atoms with E-state index in [0.717, 1.165) is 11.3 Å². The van der Waals surface area contributed by atoms with Crippen LogP contribution in [0.2, 0.25) is 0 Å². The van der Waals surface area contributed by atoms with Crippen LogP contribution in [-0.2, 0) is 0 Å². The minimum Gasteiger partial charge on any atom is -0.493 e. The van der Waals surface area contributed by atoms with Gasteiger partial charge in [-0.05, 0) is 43.2 Å². The Hall–Kier alpha value is -3.87. The first kappa shape index (κ1) is 20.4. The smallest absolute Gasteiger partial charge is 0.347 e. The molecular formula is C24H23NO6. The number of methoxy groups -OCH3 is 3. The number of nitrogens with one attached hydrogen (secondary N) is 1. The molecular weight excluding hydrogens is 398 g/mol. The van der Waals surface area contributed by atoms with Crippen molar-refractivity contribution in [2.75, 3.05) is 26.6 Å². The molecule has 2 heterocycles. The van der Waals surface area contributed by atoms with Gasteiger partial charge in [-0.2, -0.15) is 0 Å². The van der Waals surface area contributed by atoms with Gasteiger partial charge in [-0.15, -0.1) is 0 Å². The van der Waals surface area contributed by atoms with Crippen molar-refractivity contribution in [1.29, 1.82) is 0 Å². The van der Waals surface area contributed by atoms with Gasteiger partial charge in [-0.3, -0.25) is 0 Å². The zero-order valence-electron chi connectivity index (χ0n) is 18.0. The van der Waals surface area contributed by atoms with Crippen molar-refractivity contribution in [1.82, 2.24) is 0 Å². The molecule has 7 heteroatoms. The highest BCUT2D eigenvalue weighted by molar-refractivity contribution is 6.01. The first-order chi connectivity index (χ1) is 15.0. The van der Waals surface area contributed by atoms with Gasteiger partial charge in [-0.25, -0.2) is 4.79 Å². The minimum absolute atomic E-state index is 0.330. The second-order valence-electron chi connectivity index (χ2n) is 7.04. The molecule has 31 heavy (non-hydrogen) atoms. The Balaban J connectivity index is 2.03. The predicted octanol–water partition coefficient (Wildman–Crippen LogP) is 5.44. The Morgan fingerprint density at radius 2 is 1.55 bits per heavy atom. The zero-order chi connectivity index (χ0) is 22.1. The summed E-state index contributed by atoms with van der Waals surface area (Å²) in [5.41, 5.74) is 3.03. The highest BCUT2D eigenvalue weighted by Crippen LogP contribution is 2.46. The number of furan rings is 1. The third-order valence-corrected chi connectivity index (χ3v) is 5.07. The van der Waals surface area contributed by atoms with Crippen molar-refractivity contribution in [2.24, 2.45) is 0 Å². The number of para-hydroxylation sites is 1. The van der Waals surface area contributed by atoms with Crippen LogP contribution in [-0.4, -0.2) is 21.3 Å². The van der Waals surface area contributed by atoms with Crippen LogP contribution < -0.4 is 25.2 Å². The van der Waals surface area contributed by atoms with E-state index in [2.05, 4.69) is 5.32 Å². The molecule has 0 aliphatic rings. The first-order valence-corrected chi connectivity index (χ1v) is 9.67. The van der Waals surface area contributed by atoms with E-state index in [1.165, 1.54) is 7.11 Å². The lowest BCUT2D eigenvalue weighted by molar-refractivity contribution is 0.324. The number of benzene rings is 2. The highest BCUT2D eigenvalue weighted by atomic mass is 16.5. The van der Waals surface area contributed by atoms with Crippen LogP contribution in [0.3, 0.4) is 0 Å². The first-order valence-electron chi connectivity index (χ1n) is 9.67. The molecule has 0 aliphatic carbocycles. The molecule has 0 bridgehead atoms. The fraction of sp³-hybridized carbons (Fsp3) is 0.208. The minimum atomic E-state index is -0.486. The summed E-state index contributed by atoms with van der Waals surface area (Å²) in [5.74, 6) is 2.26. The quantitative estimate of drug-likeness (QED) is 0.444. The van der Waals surface area contributed by atoms with Crippen LogP contribution in [0.15, 0.2) is 56.1 Å². The standard InChI is InChI=1S/C24H23NO6/c1-13-8-6-7-9-16(13)25-23-20(21-17(31-23)10-14(2)30-24(21)26)15-11-18(27-3)22(29-5)19(12-15)28-4/h6-12,25H,1-5H3. The molecule has 0 aliphatic heterocycles. The molecule has 4 aromatic rings. The van der Waals surface area contributed by atoms with Gasteiger partial charge >= 0.3 is 5.63 Å². The molecule has 0 atom stereocenters. The van der Waals surface area contributed by atoms with E-state index in [0.29, 0.717) is 51.0 Å². The van der Waals surface area contributed by atoms with Gasteiger partial charge < -0.3 is 28.4 Å². The van der Waals surface area contributed by atoms with Gasteiger partial charge in [0, 0.05) is 11.8 Å². The SMILES string of the molecule is COc1cc(-c2c(Nc3ccccc3C)oc3cc(C)oc(=O)c23)cc(OC)c1OC. The van der Waals surface area contributed by atoms with Crippen molar-refractivity contribution >= 4 is 22.5 Å². The lowest BCUT2D eigenvalue weighted by Gasteiger charge is -2.15. The van der Waals surface area contributed by atoms with Gasteiger partial charge in [0.2, 0.25) is 11.6 Å². The molecule has 7 nitrogen and oxygen atoms in total. The maximum Gasteiger partial charge on any atom is 0.347 e. The normalized spacial score (nSPS) is 10.9. The molecule has 0 amide bonds. The Kier molecular flexibility index (Phi) is 5.33. The second-order valence-corrected chi connectivity index (χ2v) is 7.04. The predicted molar refractivity (Wildman–Crippen MR) is 119 cm³/mol. The van der Waals surface area contributed by atoms with Crippen molar-refractivity contribution in [3.63, 3.8) is 0 Å². The average molecular weight is 421 g/mol. The van der Waals surface area contributed by atoms with Crippen molar-refractivity contribution in [3.05, 3.63) is 64.2 Å². The maximum absolute atomic E-state index is 12.8. The maximum atomic E-state index is 12.8. The van der Waals surface area contributed by atoms with E-state index in [1.807, 2.05) is 31.2 Å². The van der Waals surface area contributed by atoms with E-state index >= 15 is 0 Å². The monoisotopic (exact) mass is 421 g/mol. The lowest BCUT2D eigenvalue weighted by atomic mass is 10.0. The Labute approximate surface area is 179 Å². The van der Waals surface area contributed by atoms with Crippen LogP contribution in [0.1, 0.15) is 11.3 Å². The molecule has 1 N–H and O–H groups in total. The molecule has 2 aromatic heterocycles. The van der Waals surface area contributed by atoms with E-state index in [9.17, 15) is 4.79 Å². The summed E-state index contributed by atoms with van der Waals surface area (Å²) in [6.45, 7) is 3.69. The van der Waals surface area contributed by atoms with Gasteiger partial charge in [0.15, 0.2) is 11.5 Å². The van der Waals surface area contributed by atoms with Crippen LogP contribution in [0.4, 0.5) is 11.6 Å². The van der Waals surface area contributed by atoms with E-state index in [1.54, 1.807) is 39.3 Å². The van der Waals surface area contributed by atoms with Crippen molar-refractivity contribution < 1.29 is 23.0 Å². The third kappa shape index (κ3) is 3.59. The second kappa shape index (κ2) is 8.10. The van der Waals surface area contributed by atoms with Crippen LogP contribution in [0, 0.1) is 13.8 Å². The fourth-order valence-electron chi connectivity index (χ4n) is 3.59. The molecule has 0 saturated carbocycles. The Morgan fingerprint density at radius 1 is 0.871 bits per heavy atom. The molecule has 160 valence electrons. The summed E-state index contributed by atoms with van der Waals surface area (Å²) in [4.78, 5) is 12.8. The third-order valence-electron chi connectivity index (χ3n) is 5.07. The summed E-state index contributed by atoms with van der Waals surface area (Å²) < 4.78 is 27.9. The van der Waals surface area contributed by atoms with Crippen LogP contribution >= 0.6 is 0 Å². The number of anilines is 2. The number of fused-ring (bicyclic) bond motifs is 1. The molecule has 0 unspecified atom stereocenters. The summed E-state index contributed by atoms with van der Waals surface area (Å²) in [6.07, 6.45) is 0. The fourth-order valence-corrected chi connectivity index (χ4v) is 3.59. The van der Waals surface area contributed by atoms with Crippen molar-refractivity contribution in [2.45, 2.75) is 13.8 Å². The lowest BCUT2D eigenvalue weighted by Crippen LogP contribution is -2.01. The largest absolute Gasteiger partial charge is 0.493 e. The molecule has 0 radical (unpaired) electrons. The number of aryl methyl sites for hydroxylation is 2. The Morgan fingerprint density at radius 3 is 2.16 bits per heavy atom. The molecule has 0 saturated heterocycles. The topological polar surface area (TPSA) is 83.1 Å². The number of hydrogen-bond donors (Lipinski definition) is 1. The Bertz CT molecular complexity index is 1290. The average Bonchev–Trinajstić information content (AvgIpc) is 3.12. The van der Waals surface area contributed by atoms with Crippen LogP contribution in [0.5, 0.6) is 17.2 Å². The molecule has 0 spiro atoms. The summed E-state index contributed by atoms with van der Waals surface area (Å²) >= 11 is 0. The number of rotatable bonds is 6. The van der Waals surface area contributed by atoms with Crippen molar-refractivity contribution in [3.8, 4) is 28.4 Å². The highest BCUT2D eigenvalue weighted by Gasteiger charge is 2.24. The number of hydrogen-bond acceptors (Lipinski definition) is 7. The zero-order valence-corrected chi connectivity index (χ0v) is 18.0. The number of ether oxygens (including phenoxy) is 3. The van der Waals surface area contributed by atoms with Crippen LogP contribution in [0.25, 0.3) is 22.1 Å². The van der Waals surface area contributed by atoms with E-state index in [-0.39, 0.29) is 0 Å². The van der Waals surface area contributed by atoms with E-state index in [4.69, 9.17) is 23.0 Å². The van der Waals surface area contributed by atoms with E-state index < -0.39 is 5.63 Å². The van der Waals surface area contributed by atoms with Gasteiger partial charge in [-0.1, -0.05) is 18.2 Å². The summed E-state index contributed by atoms with van der Waals surface area (Å²) in [7, 11) is 4.62. The molecule has 4 rings (SSSR count). The van der Waals surface area contributed by atoms with Gasteiger partial charge in [0.25, 0.3) is 0 Å². The van der Waals surface area contributed by atoms with Gasteiger partial charge in [0.05, 0.1) is 26.9 Å². The summed E-state index contributed by atoms with van der Waals surface area (Å²) in [5, 5.41) is 3.65. The summed E-state index contributed by atoms with van der Waals surface area (Å²) in [6, 6.07) is 13.0.